The molecule has 4 nitrogen and oxygen atoms in total. The quantitative estimate of drug-likeness (QED) is 0.894. The molecule has 110 valence electrons. The molecule has 0 heterocycles. The predicted octanol–water partition coefficient (Wildman–Crippen LogP) is 2.57. The summed E-state index contributed by atoms with van der Waals surface area (Å²) < 4.78 is 36.1. The summed E-state index contributed by atoms with van der Waals surface area (Å²) in [5.74, 6) is -2.06. The van der Waals surface area contributed by atoms with Crippen LogP contribution in [-0.4, -0.2) is 24.5 Å². The van der Waals surface area contributed by atoms with Gasteiger partial charge in [0, 0.05) is 17.8 Å². The molecule has 0 fully saturated rings. The number of carbonyl (C=O) groups is 2. The number of rotatable bonds is 4. The largest absolute Gasteiger partial charge is 0.471 e. The molecule has 0 bridgehead atoms. The zero-order valence-electron chi connectivity index (χ0n) is 11.0. The molecule has 0 unspecified atom stereocenters. The fraction of sp³-hybridized carbons (Fsp3) is 0.385. The number of benzene rings is 1. The van der Waals surface area contributed by atoms with Gasteiger partial charge in [0.2, 0.25) is 0 Å². The fourth-order valence-electron chi connectivity index (χ4n) is 1.31. The van der Waals surface area contributed by atoms with Gasteiger partial charge in [-0.1, -0.05) is 13.8 Å². The summed E-state index contributed by atoms with van der Waals surface area (Å²) in [5, 5.41) is 4.38. The van der Waals surface area contributed by atoms with E-state index in [4.69, 9.17) is 0 Å². The van der Waals surface area contributed by atoms with Crippen LogP contribution < -0.4 is 10.6 Å². The second kappa shape index (κ2) is 6.40. The van der Waals surface area contributed by atoms with Crippen molar-refractivity contribution in [3.8, 4) is 0 Å². The van der Waals surface area contributed by atoms with E-state index in [1.807, 2.05) is 13.8 Å². The number of nitrogens with one attached hydrogen (secondary N) is 2. The first-order valence-corrected chi connectivity index (χ1v) is 5.96. The third-order valence-corrected chi connectivity index (χ3v) is 2.33. The first kappa shape index (κ1) is 16.0. The molecule has 1 aromatic rings. The van der Waals surface area contributed by atoms with Crippen LogP contribution in [0.5, 0.6) is 0 Å². The lowest BCUT2D eigenvalue weighted by molar-refractivity contribution is -0.167. The number of hydrogen-bond donors (Lipinski definition) is 2. The van der Waals surface area contributed by atoms with E-state index in [0.29, 0.717) is 18.0 Å². The highest BCUT2D eigenvalue weighted by Gasteiger charge is 2.38. The Morgan fingerprint density at radius 1 is 1.15 bits per heavy atom. The average Bonchev–Trinajstić information content (AvgIpc) is 2.35. The minimum absolute atomic E-state index is 0.0206. The van der Waals surface area contributed by atoms with Crippen LogP contribution in [0.1, 0.15) is 24.2 Å². The lowest BCUT2D eigenvalue weighted by atomic mass is 10.1. The number of alkyl halides is 3. The Bertz CT molecular complexity index is 481. The van der Waals surface area contributed by atoms with E-state index >= 15 is 0 Å². The van der Waals surface area contributed by atoms with Crippen LogP contribution in [0, 0.1) is 5.92 Å². The van der Waals surface area contributed by atoms with Crippen molar-refractivity contribution in [1.82, 2.24) is 5.32 Å². The molecular formula is C13H15F3N2O2. The molecule has 0 saturated carbocycles. The van der Waals surface area contributed by atoms with Gasteiger partial charge in [-0.05, 0) is 30.2 Å². The van der Waals surface area contributed by atoms with Crippen molar-refractivity contribution in [2.24, 2.45) is 5.92 Å². The number of anilines is 1. The number of halogens is 3. The van der Waals surface area contributed by atoms with Crippen LogP contribution >= 0.6 is 0 Å². The van der Waals surface area contributed by atoms with Crippen molar-refractivity contribution in [3.63, 3.8) is 0 Å². The van der Waals surface area contributed by atoms with E-state index in [1.165, 1.54) is 24.3 Å². The smallest absolute Gasteiger partial charge is 0.352 e. The van der Waals surface area contributed by atoms with Gasteiger partial charge >= 0.3 is 12.1 Å². The van der Waals surface area contributed by atoms with Crippen molar-refractivity contribution in [1.29, 1.82) is 0 Å². The third kappa shape index (κ3) is 4.91. The van der Waals surface area contributed by atoms with Crippen LogP contribution in [0.4, 0.5) is 18.9 Å². The monoisotopic (exact) mass is 288 g/mol. The fourth-order valence-corrected chi connectivity index (χ4v) is 1.31. The van der Waals surface area contributed by atoms with Crippen LogP contribution in [0.15, 0.2) is 24.3 Å². The van der Waals surface area contributed by atoms with E-state index in [-0.39, 0.29) is 11.6 Å². The minimum atomic E-state index is -4.94. The highest BCUT2D eigenvalue weighted by molar-refractivity contribution is 5.97. The molecule has 0 radical (unpaired) electrons. The van der Waals surface area contributed by atoms with Gasteiger partial charge in [-0.15, -0.1) is 0 Å². The Labute approximate surface area is 114 Å². The Morgan fingerprint density at radius 3 is 2.15 bits per heavy atom. The highest BCUT2D eigenvalue weighted by atomic mass is 19.4. The number of amides is 2. The summed E-state index contributed by atoms with van der Waals surface area (Å²) in [6.07, 6.45) is -4.94. The summed E-state index contributed by atoms with van der Waals surface area (Å²) >= 11 is 0. The second-order valence-corrected chi connectivity index (χ2v) is 4.63. The summed E-state index contributed by atoms with van der Waals surface area (Å²) in [7, 11) is 0. The van der Waals surface area contributed by atoms with E-state index in [0.717, 1.165) is 0 Å². The molecule has 0 saturated heterocycles. The lowest BCUT2D eigenvalue weighted by Gasteiger charge is -2.09. The zero-order chi connectivity index (χ0) is 15.3. The van der Waals surface area contributed by atoms with Gasteiger partial charge in [-0.2, -0.15) is 13.2 Å². The maximum atomic E-state index is 12.0. The SMILES string of the molecule is CC(C)CNC(=O)c1ccc(NC(=O)C(F)(F)F)cc1. The molecule has 0 atom stereocenters. The van der Waals surface area contributed by atoms with Gasteiger partial charge < -0.3 is 10.6 Å². The van der Waals surface area contributed by atoms with Crippen LogP contribution in [0.3, 0.4) is 0 Å². The Hall–Kier alpha value is -2.05. The highest BCUT2D eigenvalue weighted by Crippen LogP contribution is 2.18. The molecule has 0 aromatic heterocycles. The molecule has 0 aliphatic heterocycles. The molecule has 0 aliphatic carbocycles. The molecule has 20 heavy (non-hydrogen) atoms. The number of hydrogen-bond acceptors (Lipinski definition) is 2. The van der Waals surface area contributed by atoms with E-state index in [9.17, 15) is 22.8 Å². The average molecular weight is 288 g/mol. The molecule has 0 aliphatic rings. The topological polar surface area (TPSA) is 58.2 Å². The lowest BCUT2D eigenvalue weighted by Crippen LogP contribution is -2.30. The van der Waals surface area contributed by atoms with E-state index in [2.05, 4.69) is 5.32 Å². The molecule has 1 rings (SSSR count). The molecular weight excluding hydrogens is 273 g/mol. The number of carbonyl (C=O) groups excluding carboxylic acids is 2. The first-order chi connectivity index (χ1) is 9.20. The van der Waals surface area contributed by atoms with Gasteiger partial charge in [0.15, 0.2) is 0 Å². The molecule has 1 aromatic carbocycles. The second-order valence-electron chi connectivity index (χ2n) is 4.63. The van der Waals surface area contributed by atoms with Crippen LogP contribution in [0.2, 0.25) is 0 Å². The maximum Gasteiger partial charge on any atom is 0.471 e. The van der Waals surface area contributed by atoms with Crippen LogP contribution in [-0.2, 0) is 4.79 Å². The van der Waals surface area contributed by atoms with Gasteiger partial charge in [-0.3, -0.25) is 9.59 Å². The van der Waals surface area contributed by atoms with Crippen molar-refractivity contribution >= 4 is 17.5 Å². The van der Waals surface area contributed by atoms with Crippen molar-refractivity contribution < 1.29 is 22.8 Å². The first-order valence-electron chi connectivity index (χ1n) is 5.96. The van der Waals surface area contributed by atoms with Gasteiger partial charge in [-0.25, -0.2) is 0 Å². The van der Waals surface area contributed by atoms with E-state index in [1.54, 1.807) is 5.32 Å². The van der Waals surface area contributed by atoms with Crippen LogP contribution in [0.25, 0.3) is 0 Å². The Kier molecular flexibility index (Phi) is 5.12. The van der Waals surface area contributed by atoms with Gasteiger partial charge in [0.25, 0.3) is 5.91 Å². The van der Waals surface area contributed by atoms with Crippen molar-refractivity contribution in [3.05, 3.63) is 29.8 Å². The van der Waals surface area contributed by atoms with E-state index < -0.39 is 12.1 Å². The standard InChI is InChI=1S/C13H15F3N2O2/c1-8(2)7-17-11(19)9-3-5-10(6-4-9)18-12(20)13(14,15)16/h3-6,8H,7H2,1-2H3,(H,17,19)(H,18,20). The Balaban J connectivity index is 2.65. The van der Waals surface area contributed by atoms with Gasteiger partial charge in [0.05, 0.1) is 0 Å². The summed E-state index contributed by atoms with van der Waals surface area (Å²) in [4.78, 5) is 22.4. The van der Waals surface area contributed by atoms with Crippen molar-refractivity contribution in [2.45, 2.75) is 20.0 Å². The van der Waals surface area contributed by atoms with Gasteiger partial charge in [0.1, 0.15) is 0 Å². The third-order valence-electron chi connectivity index (χ3n) is 2.33. The zero-order valence-corrected chi connectivity index (χ0v) is 11.0. The maximum absolute atomic E-state index is 12.0. The summed E-state index contributed by atoms with van der Waals surface area (Å²) in [6.45, 7) is 4.39. The Morgan fingerprint density at radius 2 is 1.70 bits per heavy atom. The molecule has 0 spiro atoms. The molecule has 7 heteroatoms. The summed E-state index contributed by atoms with van der Waals surface area (Å²) in [6, 6.07) is 5.19. The minimum Gasteiger partial charge on any atom is -0.352 e. The predicted molar refractivity (Wildman–Crippen MR) is 68.3 cm³/mol. The van der Waals surface area contributed by atoms with Crippen molar-refractivity contribution in [2.75, 3.05) is 11.9 Å². The molecule has 2 N–H and O–H groups in total. The summed E-state index contributed by atoms with van der Waals surface area (Å²) in [5.41, 5.74) is 0.295. The normalized spacial score (nSPS) is 11.3. The molecule has 2 amide bonds.